The first-order chi connectivity index (χ1) is 7.37. The number of carbonyl (C=O) groups excluding carboxylic acids is 1. The first-order valence-electron chi connectivity index (χ1n) is 5.52. The van der Waals surface area contributed by atoms with Crippen molar-refractivity contribution in [3.05, 3.63) is 35.4 Å². The van der Waals surface area contributed by atoms with Gasteiger partial charge in [0, 0.05) is 5.41 Å². The molecule has 2 aliphatic rings. The second-order valence-electron chi connectivity index (χ2n) is 4.61. The molecule has 15 heavy (non-hydrogen) atoms. The lowest BCUT2D eigenvalue weighted by atomic mass is 9.80. The van der Waals surface area contributed by atoms with E-state index in [0.717, 1.165) is 6.42 Å². The molecule has 0 unspecified atom stereocenters. The van der Waals surface area contributed by atoms with Crippen LogP contribution < -0.4 is 0 Å². The Hall–Kier alpha value is -1.40. The third-order valence-corrected chi connectivity index (χ3v) is 3.87. The van der Waals surface area contributed by atoms with Crippen molar-refractivity contribution in [2.75, 3.05) is 0 Å². The summed E-state index contributed by atoms with van der Waals surface area (Å²) in [7, 11) is 0. The Balaban J connectivity index is 2.05. The topological polar surface area (TPSA) is 29.4 Å². The van der Waals surface area contributed by atoms with E-state index in [9.17, 15) is 4.79 Å². The van der Waals surface area contributed by atoms with Gasteiger partial charge in [-0.1, -0.05) is 24.3 Å². The molecule has 0 N–H and O–H groups in total. The molecule has 0 bridgehead atoms. The van der Waals surface area contributed by atoms with Crippen LogP contribution in [0.15, 0.2) is 29.3 Å². The number of hydrogen-bond acceptors (Lipinski definition) is 2. The molecule has 0 saturated heterocycles. The highest BCUT2D eigenvalue weighted by molar-refractivity contribution is 5.47. The third kappa shape index (κ3) is 1.18. The molecule has 1 fully saturated rings. The normalized spacial score (nSPS) is 31.9. The molecule has 0 heterocycles. The van der Waals surface area contributed by atoms with Gasteiger partial charge >= 0.3 is 0 Å². The fourth-order valence-electron chi connectivity index (χ4n) is 3.03. The zero-order chi connectivity index (χ0) is 10.3. The van der Waals surface area contributed by atoms with Crippen LogP contribution in [0.3, 0.4) is 0 Å². The highest BCUT2D eigenvalue weighted by Crippen LogP contribution is 2.56. The predicted octanol–water partition coefficient (Wildman–Crippen LogP) is 2.37. The van der Waals surface area contributed by atoms with Crippen LogP contribution >= 0.6 is 0 Å². The first kappa shape index (κ1) is 8.87. The van der Waals surface area contributed by atoms with Gasteiger partial charge in [0.25, 0.3) is 0 Å². The molecule has 2 aliphatic carbocycles. The summed E-state index contributed by atoms with van der Waals surface area (Å²) in [5, 5.41) is 0. The van der Waals surface area contributed by atoms with Crippen LogP contribution in [-0.4, -0.2) is 12.1 Å². The monoisotopic (exact) mass is 199 g/mol. The van der Waals surface area contributed by atoms with Crippen molar-refractivity contribution in [3.8, 4) is 0 Å². The maximum Gasteiger partial charge on any atom is 0.235 e. The van der Waals surface area contributed by atoms with Crippen molar-refractivity contribution in [2.24, 2.45) is 4.99 Å². The number of aliphatic imine (C=N–C) groups is 1. The SMILES string of the molecule is O=C=N[C@@H]1C[C@]12CCCc1ccccc12. The third-order valence-electron chi connectivity index (χ3n) is 3.87. The second kappa shape index (κ2) is 3.04. The standard InChI is InChI=1S/C13H13NO/c15-9-14-12-8-13(12)7-3-5-10-4-1-2-6-11(10)13/h1-2,4,6,12H,3,5,7-8H2/t12-,13+/m1/s1. The van der Waals surface area contributed by atoms with Crippen molar-refractivity contribution >= 4 is 6.08 Å². The van der Waals surface area contributed by atoms with Crippen LogP contribution in [0.4, 0.5) is 0 Å². The molecular formula is C13H13NO. The molecule has 1 spiro atoms. The van der Waals surface area contributed by atoms with Crippen LogP contribution in [0.25, 0.3) is 0 Å². The zero-order valence-corrected chi connectivity index (χ0v) is 8.57. The van der Waals surface area contributed by atoms with E-state index in [1.54, 1.807) is 6.08 Å². The number of aryl methyl sites for hydroxylation is 1. The fourth-order valence-corrected chi connectivity index (χ4v) is 3.03. The Morgan fingerprint density at radius 3 is 3.13 bits per heavy atom. The number of isocyanates is 1. The highest BCUT2D eigenvalue weighted by atomic mass is 16.1. The van der Waals surface area contributed by atoms with Crippen molar-refractivity contribution in [2.45, 2.75) is 37.1 Å². The Morgan fingerprint density at radius 2 is 2.27 bits per heavy atom. The van der Waals surface area contributed by atoms with Gasteiger partial charge in [-0.15, -0.1) is 0 Å². The second-order valence-corrected chi connectivity index (χ2v) is 4.61. The maximum absolute atomic E-state index is 10.3. The number of hydrogen-bond donors (Lipinski definition) is 0. The highest BCUT2D eigenvalue weighted by Gasteiger charge is 2.57. The summed E-state index contributed by atoms with van der Waals surface area (Å²) in [4.78, 5) is 14.2. The average Bonchev–Trinajstić information content (AvgIpc) is 2.94. The van der Waals surface area contributed by atoms with Gasteiger partial charge in [0.15, 0.2) is 0 Å². The summed E-state index contributed by atoms with van der Waals surface area (Å²) in [6, 6.07) is 8.80. The molecule has 0 aliphatic heterocycles. The van der Waals surface area contributed by atoms with Gasteiger partial charge in [-0.3, -0.25) is 0 Å². The molecule has 0 radical (unpaired) electrons. The van der Waals surface area contributed by atoms with Crippen LogP contribution in [0.1, 0.15) is 30.4 Å². The summed E-state index contributed by atoms with van der Waals surface area (Å²) in [5.41, 5.74) is 3.08. The minimum absolute atomic E-state index is 0.201. The summed E-state index contributed by atoms with van der Waals surface area (Å²) >= 11 is 0. The molecule has 1 saturated carbocycles. The number of nitrogens with zero attached hydrogens (tertiary/aromatic N) is 1. The lowest BCUT2D eigenvalue weighted by Gasteiger charge is -2.25. The van der Waals surface area contributed by atoms with Gasteiger partial charge in [-0.25, -0.2) is 9.79 Å². The van der Waals surface area contributed by atoms with Crippen LogP contribution in [0, 0.1) is 0 Å². The van der Waals surface area contributed by atoms with Crippen LogP contribution in [0.2, 0.25) is 0 Å². The van der Waals surface area contributed by atoms with Crippen molar-refractivity contribution in [1.29, 1.82) is 0 Å². The number of benzene rings is 1. The smallest absolute Gasteiger partial charge is 0.211 e. The summed E-state index contributed by atoms with van der Waals surface area (Å²) in [6.45, 7) is 0. The summed E-state index contributed by atoms with van der Waals surface area (Å²) < 4.78 is 0. The molecule has 2 heteroatoms. The van der Waals surface area contributed by atoms with E-state index in [1.165, 1.54) is 30.4 Å². The Bertz CT molecular complexity index is 448. The van der Waals surface area contributed by atoms with E-state index >= 15 is 0 Å². The first-order valence-corrected chi connectivity index (χ1v) is 5.52. The van der Waals surface area contributed by atoms with Crippen molar-refractivity contribution < 1.29 is 4.79 Å². The summed E-state index contributed by atoms with van der Waals surface area (Å²) in [6.07, 6.45) is 6.33. The van der Waals surface area contributed by atoms with E-state index in [-0.39, 0.29) is 11.5 Å². The van der Waals surface area contributed by atoms with Gasteiger partial charge in [-0.2, -0.15) is 0 Å². The minimum atomic E-state index is 0.201. The van der Waals surface area contributed by atoms with Gasteiger partial charge in [0.2, 0.25) is 6.08 Å². The van der Waals surface area contributed by atoms with Crippen LogP contribution in [0.5, 0.6) is 0 Å². The molecule has 1 aromatic rings. The lowest BCUT2D eigenvalue weighted by Crippen LogP contribution is -2.19. The predicted molar refractivity (Wildman–Crippen MR) is 57.6 cm³/mol. The quantitative estimate of drug-likeness (QED) is 0.504. The molecular weight excluding hydrogens is 186 g/mol. The van der Waals surface area contributed by atoms with E-state index in [4.69, 9.17) is 0 Å². The largest absolute Gasteiger partial charge is 0.235 e. The molecule has 2 atom stereocenters. The van der Waals surface area contributed by atoms with E-state index in [0.29, 0.717) is 0 Å². The number of rotatable bonds is 1. The minimum Gasteiger partial charge on any atom is -0.211 e. The fraction of sp³-hybridized carbons (Fsp3) is 0.462. The number of fused-ring (bicyclic) bond motifs is 2. The van der Waals surface area contributed by atoms with Crippen molar-refractivity contribution in [3.63, 3.8) is 0 Å². The van der Waals surface area contributed by atoms with E-state index < -0.39 is 0 Å². The lowest BCUT2D eigenvalue weighted by molar-refractivity contribution is 0.522. The van der Waals surface area contributed by atoms with Gasteiger partial charge in [0.1, 0.15) is 0 Å². The van der Waals surface area contributed by atoms with Gasteiger partial charge in [0.05, 0.1) is 6.04 Å². The molecule has 0 aromatic heterocycles. The molecule has 0 amide bonds. The molecule has 3 rings (SSSR count). The maximum atomic E-state index is 10.3. The zero-order valence-electron chi connectivity index (χ0n) is 8.57. The van der Waals surface area contributed by atoms with Gasteiger partial charge in [-0.05, 0) is 36.8 Å². The summed E-state index contributed by atoms with van der Waals surface area (Å²) in [5.74, 6) is 0. The van der Waals surface area contributed by atoms with E-state index in [2.05, 4.69) is 29.3 Å². The Labute approximate surface area is 89.0 Å². The Morgan fingerprint density at radius 1 is 1.40 bits per heavy atom. The van der Waals surface area contributed by atoms with Crippen molar-refractivity contribution in [1.82, 2.24) is 0 Å². The Kier molecular flexibility index (Phi) is 1.80. The van der Waals surface area contributed by atoms with Crippen LogP contribution in [-0.2, 0) is 16.6 Å². The average molecular weight is 199 g/mol. The molecule has 2 nitrogen and oxygen atoms in total. The van der Waals surface area contributed by atoms with Gasteiger partial charge < -0.3 is 0 Å². The molecule has 76 valence electrons. The molecule has 1 aromatic carbocycles. The van der Waals surface area contributed by atoms with E-state index in [1.807, 2.05) is 0 Å².